The Labute approximate surface area is 124 Å². The highest BCUT2D eigenvalue weighted by Gasteiger charge is 2.16. The van der Waals surface area contributed by atoms with Crippen molar-refractivity contribution in [1.82, 2.24) is 5.32 Å². The van der Waals surface area contributed by atoms with E-state index in [9.17, 15) is 9.90 Å². The van der Waals surface area contributed by atoms with Gasteiger partial charge in [-0.25, -0.2) is 0 Å². The molecular weight excluding hydrogens is 262 g/mol. The number of rotatable bonds is 3. The van der Waals surface area contributed by atoms with Crippen LogP contribution in [0.5, 0.6) is 5.75 Å². The number of nitrogens with one attached hydrogen (secondary N) is 1. The number of hydrogen-bond donors (Lipinski definition) is 2. The summed E-state index contributed by atoms with van der Waals surface area (Å²) in [7, 11) is 0. The highest BCUT2D eigenvalue weighted by atomic mass is 16.3. The van der Waals surface area contributed by atoms with Crippen LogP contribution >= 0.6 is 0 Å². The van der Waals surface area contributed by atoms with E-state index in [0.29, 0.717) is 23.4 Å². The van der Waals surface area contributed by atoms with E-state index in [1.807, 2.05) is 30.3 Å². The van der Waals surface area contributed by atoms with Crippen LogP contribution in [0.25, 0.3) is 10.8 Å². The Hall–Kier alpha value is -2.29. The maximum atomic E-state index is 12.3. The summed E-state index contributed by atoms with van der Waals surface area (Å²) in [5, 5.41) is 14.9. The van der Waals surface area contributed by atoms with Gasteiger partial charge in [-0.2, -0.15) is 0 Å². The number of allylic oxidation sites excluding steroid dienone is 2. The first-order valence-corrected chi connectivity index (χ1v) is 7.39. The van der Waals surface area contributed by atoms with Gasteiger partial charge in [0, 0.05) is 11.9 Å². The van der Waals surface area contributed by atoms with Crippen LogP contribution in [-0.4, -0.2) is 17.6 Å². The second-order valence-electron chi connectivity index (χ2n) is 5.54. The Bertz CT molecular complexity index is 691. The second-order valence-corrected chi connectivity index (χ2v) is 5.54. The van der Waals surface area contributed by atoms with Crippen molar-refractivity contribution in [3.05, 3.63) is 54.1 Å². The monoisotopic (exact) mass is 281 g/mol. The summed E-state index contributed by atoms with van der Waals surface area (Å²) in [5.74, 6) is 0.364. The van der Waals surface area contributed by atoms with Gasteiger partial charge >= 0.3 is 0 Å². The van der Waals surface area contributed by atoms with E-state index in [1.165, 1.54) is 0 Å². The first-order valence-electron chi connectivity index (χ1n) is 7.39. The topological polar surface area (TPSA) is 49.3 Å². The van der Waals surface area contributed by atoms with Gasteiger partial charge < -0.3 is 10.4 Å². The zero-order chi connectivity index (χ0) is 14.7. The van der Waals surface area contributed by atoms with E-state index >= 15 is 0 Å². The fourth-order valence-electron chi connectivity index (χ4n) is 2.81. The van der Waals surface area contributed by atoms with Gasteiger partial charge in [-0.15, -0.1) is 0 Å². The third-order valence-electron chi connectivity index (χ3n) is 4.07. The smallest absolute Gasteiger partial charge is 0.255 e. The molecule has 3 rings (SSSR count). The Morgan fingerprint density at radius 2 is 2.05 bits per heavy atom. The number of hydrogen-bond acceptors (Lipinski definition) is 2. The molecule has 21 heavy (non-hydrogen) atoms. The third kappa shape index (κ3) is 2.92. The van der Waals surface area contributed by atoms with Crippen LogP contribution in [0.2, 0.25) is 0 Å². The van der Waals surface area contributed by atoms with E-state index < -0.39 is 0 Å². The van der Waals surface area contributed by atoms with Crippen LogP contribution in [0.3, 0.4) is 0 Å². The van der Waals surface area contributed by atoms with Crippen LogP contribution < -0.4 is 5.32 Å². The van der Waals surface area contributed by atoms with Gasteiger partial charge in [0.05, 0.1) is 5.56 Å². The molecule has 3 nitrogen and oxygen atoms in total. The molecule has 3 heteroatoms. The van der Waals surface area contributed by atoms with Crippen LogP contribution in [0.4, 0.5) is 0 Å². The minimum atomic E-state index is -0.201. The van der Waals surface area contributed by atoms with E-state index in [0.717, 1.165) is 24.6 Å². The molecule has 1 atom stereocenters. The van der Waals surface area contributed by atoms with E-state index in [1.54, 1.807) is 6.07 Å². The maximum absolute atomic E-state index is 12.3. The molecule has 2 aromatic rings. The Morgan fingerprint density at radius 3 is 2.86 bits per heavy atom. The highest BCUT2D eigenvalue weighted by Crippen LogP contribution is 2.28. The molecule has 0 heterocycles. The number of carbonyl (C=O) groups excluding carboxylic acids is 1. The minimum Gasteiger partial charge on any atom is -0.506 e. The first kappa shape index (κ1) is 13.7. The Morgan fingerprint density at radius 1 is 1.19 bits per heavy atom. The van der Waals surface area contributed by atoms with Crippen molar-refractivity contribution in [2.24, 2.45) is 5.92 Å². The molecule has 0 fully saturated rings. The molecule has 0 radical (unpaired) electrons. The van der Waals surface area contributed by atoms with E-state index in [4.69, 9.17) is 0 Å². The molecule has 108 valence electrons. The van der Waals surface area contributed by atoms with Crippen molar-refractivity contribution >= 4 is 16.7 Å². The lowest BCUT2D eigenvalue weighted by molar-refractivity contribution is 0.0944. The standard InChI is InChI=1S/C18H19NO2/c20-17-15-9-5-4-8-14(15)10-11-16(17)18(21)19-12-13-6-2-1-3-7-13/h1-2,4-5,8-11,13,20H,3,6-7,12H2,(H,19,21). The number of fused-ring (bicyclic) bond motifs is 1. The Balaban J connectivity index is 1.75. The van der Waals surface area contributed by atoms with Crippen molar-refractivity contribution in [2.75, 3.05) is 6.54 Å². The summed E-state index contributed by atoms with van der Waals surface area (Å²) in [6, 6.07) is 11.1. The first-order chi connectivity index (χ1) is 10.3. The van der Waals surface area contributed by atoms with E-state index in [2.05, 4.69) is 17.5 Å². The summed E-state index contributed by atoms with van der Waals surface area (Å²) in [6.45, 7) is 0.662. The molecule has 1 amide bonds. The number of phenols is 1. The summed E-state index contributed by atoms with van der Waals surface area (Å²) in [6.07, 6.45) is 7.58. The summed E-state index contributed by atoms with van der Waals surface area (Å²) >= 11 is 0. The molecule has 0 aromatic heterocycles. The number of carbonyl (C=O) groups is 1. The van der Waals surface area contributed by atoms with Crippen molar-refractivity contribution in [3.63, 3.8) is 0 Å². The number of aromatic hydroxyl groups is 1. The molecule has 1 aliphatic carbocycles. The predicted molar refractivity (Wildman–Crippen MR) is 84.4 cm³/mol. The fourth-order valence-corrected chi connectivity index (χ4v) is 2.81. The maximum Gasteiger partial charge on any atom is 0.255 e. The number of phenolic OH excluding ortho intramolecular Hbond substituents is 1. The highest BCUT2D eigenvalue weighted by molar-refractivity contribution is 6.03. The van der Waals surface area contributed by atoms with Crippen LogP contribution in [-0.2, 0) is 0 Å². The van der Waals surface area contributed by atoms with Gasteiger partial charge in [-0.3, -0.25) is 4.79 Å². The normalized spacial score (nSPS) is 17.8. The molecule has 0 aliphatic heterocycles. The lowest BCUT2D eigenvalue weighted by atomic mass is 9.94. The molecule has 1 unspecified atom stereocenters. The van der Waals surface area contributed by atoms with Gasteiger partial charge in [-0.05, 0) is 36.6 Å². The molecule has 2 N–H and O–H groups in total. The molecule has 0 saturated carbocycles. The lowest BCUT2D eigenvalue weighted by Gasteiger charge is -2.18. The van der Waals surface area contributed by atoms with Gasteiger partial charge in [0.15, 0.2) is 0 Å². The van der Waals surface area contributed by atoms with Gasteiger partial charge in [0.2, 0.25) is 0 Å². The second kappa shape index (κ2) is 6.00. The molecule has 0 saturated heterocycles. The molecule has 1 aliphatic rings. The predicted octanol–water partition coefficient (Wildman–Crippen LogP) is 3.63. The number of benzene rings is 2. The van der Waals surface area contributed by atoms with Crippen LogP contribution in [0, 0.1) is 5.92 Å². The minimum absolute atomic E-state index is 0.0640. The average molecular weight is 281 g/mol. The Kier molecular flexibility index (Phi) is 3.91. The van der Waals surface area contributed by atoms with Crippen molar-refractivity contribution in [2.45, 2.75) is 19.3 Å². The van der Waals surface area contributed by atoms with Crippen LogP contribution in [0.1, 0.15) is 29.6 Å². The van der Waals surface area contributed by atoms with Gasteiger partial charge in [0.1, 0.15) is 5.75 Å². The zero-order valence-corrected chi connectivity index (χ0v) is 11.9. The molecule has 2 aromatic carbocycles. The van der Waals surface area contributed by atoms with Crippen LogP contribution in [0.15, 0.2) is 48.6 Å². The van der Waals surface area contributed by atoms with Crippen molar-refractivity contribution in [1.29, 1.82) is 0 Å². The van der Waals surface area contributed by atoms with Crippen molar-refractivity contribution in [3.8, 4) is 5.75 Å². The molecular formula is C18H19NO2. The zero-order valence-electron chi connectivity index (χ0n) is 11.9. The van der Waals surface area contributed by atoms with Crippen molar-refractivity contribution < 1.29 is 9.90 Å². The largest absolute Gasteiger partial charge is 0.506 e. The lowest BCUT2D eigenvalue weighted by Crippen LogP contribution is -2.29. The van der Waals surface area contributed by atoms with Gasteiger partial charge in [-0.1, -0.05) is 42.5 Å². The summed E-state index contributed by atoms with van der Waals surface area (Å²) < 4.78 is 0. The third-order valence-corrected chi connectivity index (χ3v) is 4.07. The van der Waals surface area contributed by atoms with Gasteiger partial charge in [0.25, 0.3) is 5.91 Å². The summed E-state index contributed by atoms with van der Waals surface area (Å²) in [4.78, 5) is 12.3. The SMILES string of the molecule is O=C(NCC1CC=CCC1)c1ccc2ccccc2c1O. The fraction of sp³-hybridized carbons (Fsp3) is 0.278. The number of amides is 1. The average Bonchev–Trinajstić information content (AvgIpc) is 2.54. The molecule has 0 spiro atoms. The quantitative estimate of drug-likeness (QED) is 0.844. The molecule has 0 bridgehead atoms. The summed E-state index contributed by atoms with van der Waals surface area (Å²) in [5.41, 5.74) is 0.347. The van der Waals surface area contributed by atoms with E-state index in [-0.39, 0.29) is 11.7 Å².